The molecule has 0 unspecified atom stereocenters. The van der Waals surface area contributed by atoms with Crippen LogP contribution in [-0.4, -0.2) is 16.0 Å². The maximum Gasteiger partial charge on any atom is 0.138 e. The third kappa shape index (κ3) is 2.16. The van der Waals surface area contributed by atoms with Gasteiger partial charge in [-0.05, 0) is 25.8 Å². The quantitative estimate of drug-likeness (QED) is 0.881. The van der Waals surface area contributed by atoms with Crippen LogP contribution in [0.5, 0.6) is 0 Å². The number of thiophene rings is 1. The molecular formula is C12H17N3S. The highest BCUT2D eigenvalue weighted by Gasteiger charge is 2.09. The number of rotatable bonds is 4. The van der Waals surface area contributed by atoms with Crippen LogP contribution in [-0.2, 0) is 6.42 Å². The van der Waals surface area contributed by atoms with Crippen molar-refractivity contribution in [3.63, 3.8) is 0 Å². The van der Waals surface area contributed by atoms with E-state index in [0.717, 1.165) is 28.9 Å². The third-order valence-electron chi connectivity index (χ3n) is 2.72. The molecule has 2 aromatic heterocycles. The zero-order valence-electron chi connectivity index (χ0n) is 9.95. The number of hydrogen-bond acceptors (Lipinski definition) is 4. The molecule has 0 aliphatic rings. The van der Waals surface area contributed by atoms with Gasteiger partial charge < -0.3 is 5.32 Å². The fourth-order valence-electron chi connectivity index (χ4n) is 1.53. The molecule has 2 rings (SSSR count). The number of anilines is 1. The van der Waals surface area contributed by atoms with Crippen LogP contribution >= 0.6 is 11.3 Å². The first kappa shape index (κ1) is 11.3. The van der Waals surface area contributed by atoms with Gasteiger partial charge in [0.2, 0.25) is 0 Å². The van der Waals surface area contributed by atoms with Crippen molar-refractivity contribution in [1.29, 1.82) is 0 Å². The Morgan fingerprint density at radius 1 is 1.38 bits per heavy atom. The molecule has 0 spiro atoms. The van der Waals surface area contributed by atoms with Gasteiger partial charge in [-0.15, -0.1) is 11.3 Å². The van der Waals surface area contributed by atoms with E-state index in [0.29, 0.717) is 6.04 Å². The molecule has 0 saturated carbocycles. The summed E-state index contributed by atoms with van der Waals surface area (Å²) in [6, 6.07) is 2.65. The number of aromatic nitrogens is 2. The van der Waals surface area contributed by atoms with Gasteiger partial charge in [0.25, 0.3) is 0 Å². The first-order valence-electron chi connectivity index (χ1n) is 5.74. The van der Waals surface area contributed by atoms with Crippen molar-refractivity contribution < 1.29 is 0 Å². The lowest BCUT2D eigenvalue weighted by molar-refractivity contribution is 0.760. The van der Waals surface area contributed by atoms with Crippen molar-refractivity contribution in [2.45, 2.75) is 39.7 Å². The van der Waals surface area contributed by atoms with Gasteiger partial charge in [-0.25, -0.2) is 9.97 Å². The first-order valence-corrected chi connectivity index (χ1v) is 6.56. The van der Waals surface area contributed by atoms with Crippen molar-refractivity contribution >= 4 is 27.4 Å². The van der Waals surface area contributed by atoms with Gasteiger partial charge in [0.15, 0.2) is 0 Å². The molecule has 2 heterocycles. The van der Waals surface area contributed by atoms with E-state index in [1.807, 2.05) is 0 Å². The van der Waals surface area contributed by atoms with Crippen molar-refractivity contribution in [2.75, 3.05) is 5.32 Å². The molecule has 0 aliphatic heterocycles. The summed E-state index contributed by atoms with van der Waals surface area (Å²) in [6.07, 6.45) is 3.79. The zero-order valence-corrected chi connectivity index (χ0v) is 10.8. The maximum absolute atomic E-state index is 4.33. The molecule has 3 nitrogen and oxygen atoms in total. The predicted octanol–water partition coefficient (Wildman–Crippen LogP) is 3.46. The largest absolute Gasteiger partial charge is 0.367 e. The zero-order chi connectivity index (χ0) is 11.5. The first-order chi connectivity index (χ1) is 7.74. The smallest absolute Gasteiger partial charge is 0.138 e. The summed E-state index contributed by atoms with van der Waals surface area (Å²) in [7, 11) is 0. The van der Waals surface area contributed by atoms with Crippen LogP contribution < -0.4 is 5.32 Å². The van der Waals surface area contributed by atoms with E-state index in [1.165, 1.54) is 4.88 Å². The van der Waals surface area contributed by atoms with Gasteiger partial charge in [-0.3, -0.25) is 0 Å². The fraction of sp³-hybridized carbons (Fsp3) is 0.500. The van der Waals surface area contributed by atoms with Crippen LogP contribution in [0.3, 0.4) is 0 Å². The van der Waals surface area contributed by atoms with E-state index < -0.39 is 0 Å². The predicted molar refractivity (Wildman–Crippen MR) is 70.2 cm³/mol. The molecule has 2 aromatic rings. The summed E-state index contributed by atoms with van der Waals surface area (Å²) in [5, 5.41) is 4.58. The van der Waals surface area contributed by atoms with Crippen LogP contribution in [0.2, 0.25) is 0 Å². The molecule has 0 aromatic carbocycles. The minimum absolute atomic E-state index is 0.447. The summed E-state index contributed by atoms with van der Waals surface area (Å²) in [6.45, 7) is 6.50. The molecule has 0 fully saturated rings. The Balaban J connectivity index is 2.40. The highest BCUT2D eigenvalue weighted by molar-refractivity contribution is 7.18. The van der Waals surface area contributed by atoms with Gasteiger partial charge in [-0.1, -0.05) is 13.8 Å². The van der Waals surface area contributed by atoms with Gasteiger partial charge in [0.05, 0.1) is 5.39 Å². The van der Waals surface area contributed by atoms with Crippen molar-refractivity contribution in [3.8, 4) is 0 Å². The number of nitrogens with one attached hydrogen (secondary N) is 1. The van der Waals surface area contributed by atoms with Gasteiger partial charge in [0.1, 0.15) is 17.0 Å². The van der Waals surface area contributed by atoms with E-state index in [1.54, 1.807) is 17.7 Å². The molecular weight excluding hydrogens is 218 g/mol. The molecule has 0 radical (unpaired) electrons. The summed E-state index contributed by atoms with van der Waals surface area (Å²) in [5.41, 5.74) is 0. The highest BCUT2D eigenvalue weighted by atomic mass is 32.1. The van der Waals surface area contributed by atoms with E-state index in [4.69, 9.17) is 0 Å². The second kappa shape index (κ2) is 4.78. The number of fused-ring (bicyclic) bond motifs is 1. The lowest BCUT2D eigenvalue weighted by atomic mass is 10.2. The average molecular weight is 235 g/mol. The van der Waals surface area contributed by atoms with Crippen LogP contribution in [0.25, 0.3) is 10.2 Å². The van der Waals surface area contributed by atoms with Gasteiger partial charge >= 0.3 is 0 Å². The lowest BCUT2D eigenvalue weighted by Gasteiger charge is -2.12. The van der Waals surface area contributed by atoms with Crippen LogP contribution in [0, 0.1) is 0 Å². The van der Waals surface area contributed by atoms with E-state index in [2.05, 4.69) is 42.1 Å². The maximum atomic E-state index is 4.33. The number of nitrogens with zero attached hydrogens (tertiary/aromatic N) is 2. The molecule has 0 amide bonds. The van der Waals surface area contributed by atoms with Gasteiger partial charge in [0, 0.05) is 10.9 Å². The molecule has 1 atom stereocenters. The SMILES string of the molecule is CCc1cc2c(N[C@H](C)CC)ncnc2s1. The normalized spacial score (nSPS) is 12.9. The van der Waals surface area contributed by atoms with E-state index in [9.17, 15) is 0 Å². The minimum Gasteiger partial charge on any atom is -0.367 e. The molecule has 86 valence electrons. The topological polar surface area (TPSA) is 37.8 Å². The Kier molecular flexibility index (Phi) is 3.39. The standard InChI is InChI=1S/C12H17N3S/c1-4-8(3)15-11-10-6-9(5-2)16-12(10)14-7-13-11/h6-8H,4-5H2,1-3H3,(H,13,14,15)/t8-/m1/s1. The van der Waals surface area contributed by atoms with Crippen LogP contribution in [0.15, 0.2) is 12.4 Å². The molecule has 16 heavy (non-hydrogen) atoms. The summed E-state index contributed by atoms with van der Waals surface area (Å²) < 4.78 is 0. The van der Waals surface area contributed by atoms with Gasteiger partial charge in [-0.2, -0.15) is 0 Å². The Labute approximate surface area is 99.9 Å². The lowest BCUT2D eigenvalue weighted by Crippen LogP contribution is -2.14. The molecule has 0 saturated heterocycles. The minimum atomic E-state index is 0.447. The van der Waals surface area contributed by atoms with Crippen molar-refractivity contribution in [1.82, 2.24) is 9.97 Å². The van der Waals surface area contributed by atoms with Crippen molar-refractivity contribution in [3.05, 3.63) is 17.3 Å². The van der Waals surface area contributed by atoms with Crippen LogP contribution in [0.1, 0.15) is 32.1 Å². The monoisotopic (exact) mass is 235 g/mol. The second-order valence-electron chi connectivity index (χ2n) is 3.96. The summed E-state index contributed by atoms with van der Waals surface area (Å²) in [4.78, 5) is 11.1. The molecule has 1 N–H and O–H groups in total. The highest BCUT2D eigenvalue weighted by Crippen LogP contribution is 2.28. The Morgan fingerprint density at radius 3 is 2.88 bits per heavy atom. The Morgan fingerprint density at radius 2 is 2.19 bits per heavy atom. The van der Waals surface area contributed by atoms with E-state index >= 15 is 0 Å². The second-order valence-corrected chi connectivity index (χ2v) is 5.08. The molecule has 0 aliphatic carbocycles. The Hall–Kier alpha value is -1.16. The van der Waals surface area contributed by atoms with Crippen LogP contribution in [0.4, 0.5) is 5.82 Å². The summed E-state index contributed by atoms with van der Waals surface area (Å²) >= 11 is 1.76. The molecule has 0 bridgehead atoms. The average Bonchev–Trinajstić information content (AvgIpc) is 2.73. The fourth-order valence-corrected chi connectivity index (χ4v) is 2.47. The third-order valence-corrected chi connectivity index (χ3v) is 3.91. The van der Waals surface area contributed by atoms with Crippen molar-refractivity contribution in [2.24, 2.45) is 0 Å². The number of aryl methyl sites for hydroxylation is 1. The Bertz CT molecular complexity index is 478. The summed E-state index contributed by atoms with van der Waals surface area (Å²) in [5.74, 6) is 0.968. The van der Waals surface area contributed by atoms with E-state index in [-0.39, 0.29) is 0 Å². The number of hydrogen-bond donors (Lipinski definition) is 1. The molecule has 4 heteroatoms.